The smallest absolute Gasteiger partial charge is 0.266 e. The van der Waals surface area contributed by atoms with Crippen molar-refractivity contribution in [3.63, 3.8) is 0 Å². The van der Waals surface area contributed by atoms with Crippen LogP contribution in [0.4, 0.5) is 0 Å². The Labute approximate surface area is 321 Å². The first-order valence-corrected chi connectivity index (χ1v) is 23.1. The van der Waals surface area contributed by atoms with Gasteiger partial charge >= 0.3 is 0 Å². The average molecular weight is 748 g/mol. The maximum Gasteiger partial charge on any atom is 0.266 e. The third kappa shape index (κ3) is 39.3. The van der Waals surface area contributed by atoms with Gasteiger partial charge in [-0.25, -0.2) is 0 Å². The molecule has 0 radical (unpaired) electrons. The average Bonchev–Trinajstić information content (AvgIpc) is 3.11. The minimum Gasteiger partial charge on any atom is -0.391 e. The van der Waals surface area contributed by atoms with Crippen LogP contribution in [0.25, 0.3) is 0 Å². The summed E-state index contributed by atoms with van der Waals surface area (Å²) in [6.07, 6.45) is 53.1. The second-order valence-electron chi connectivity index (χ2n) is 14.6. The van der Waals surface area contributed by atoms with Gasteiger partial charge in [-0.15, -0.1) is 0 Å². The molecule has 0 aliphatic carbocycles. The molecule has 1 amide bonds. The second kappa shape index (κ2) is 38.8. The Balaban J connectivity index is 3.93. The highest BCUT2D eigenvalue weighted by Gasteiger charge is 2.26. The Kier molecular flexibility index (Phi) is 37.3. The molecule has 0 saturated carbocycles. The van der Waals surface area contributed by atoms with Crippen molar-refractivity contribution in [2.75, 3.05) is 5.75 Å². The van der Waals surface area contributed by atoms with Crippen molar-refractivity contribution in [2.45, 2.75) is 212 Å². The summed E-state index contributed by atoms with van der Waals surface area (Å²) in [6, 6.07) is -0.991. The standard InChI is InChI=1S/C45H81NO5S/c1-3-5-7-9-11-13-15-17-19-21-23-25-27-29-31-33-35-37-39-41-45(48)46-43(42-52(49,50)51)44(47)40-38-36-34-32-30-28-26-24-22-20-18-16-14-12-10-8-6-4-2/h5,7,11,13,17,19,23,25,29,31,43-44,47H,3-4,6,8-10,12,14-16,18,20-22,24,26-28,30,32-42H2,1-2H3,(H,46,48)(H,49,50,51)/b7-5-,13-11-,19-17-,25-23-,31-29-. The van der Waals surface area contributed by atoms with Gasteiger partial charge in [0.05, 0.1) is 17.9 Å². The first kappa shape index (κ1) is 50.0. The fourth-order valence-corrected chi connectivity index (χ4v) is 7.06. The minimum absolute atomic E-state index is 0.277. The number of amides is 1. The van der Waals surface area contributed by atoms with E-state index in [0.717, 1.165) is 70.6 Å². The monoisotopic (exact) mass is 748 g/mol. The Morgan fingerprint density at radius 3 is 1.35 bits per heavy atom. The molecule has 0 aromatic carbocycles. The van der Waals surface area contributed by atoms with Gasteiger partial charge in [0.25, 0.3) is 10.1 Å². The number of rotatable bonds is 38. The summed E-state index contributed by atoms with van der Waals surface area (Å²) in [7, 11) is -4.33. The SMILES string of the molecule is CC/C=C\C/C=C\C/C=C\C/C=C\C/C=C\CCCCCC(=O)NC(CS(=O)(=O)O)C(O)CCCCCCCCCCCCCCCCCCCC. The number of aliphatic hydroxyl groups is 1. The van der Waals surface area contributed by atoms with Crippen LogP contribution in [0.5, 0.6) is 0 Å². The van der Waals surface area contributed by atoms with Crippen molar-refractivity contribution < 1.29 is 22.9 Å². The van der Waals surface area contributed by atoms with Gasteiger partial charge in [0.15, 0.2) is 0 Å². The lowest BCUT2D eigenvalue weighted by Crippen LogP contribution is -2.47. The molecule has 0 fully saturated rings. The van der Waals surface area contributed by atoms with Crippen LogP contribution in [0, 0.1) is 0 Å². The van der Waals surface area contributed by atoms with Gasteiger partial charge in [-0.05, 0) is 57.8 Å². The molecule has 0 rings (SSSR count). The lowest BCUT2D eigenvalue weighted by Gasteiger charge is -2.23. The van der Waals surface area contributed by atoms with Gasteiger partial charge in [-0.2, -0.15) is 8.42 Å². The van der Waals surface area contributed by atoms with Gasteiger partial charge in [-0.1, -0.05) is 197 Å². The van der Waals surface area contributed by atoms with E-state index in [2.05, 4.69) is 79.9 Å². The summed E-state index contributed by atoms with van der Waals surface area (Å²) < 4.78 is 32.6. The summed E-state index contributed by atoms with van der Waals surface area (Å²) in [6.45, 7) is 4.41. The topological polar surface area (TPSA) is 104 Å². The first-order chi connectivity index (χ1) is 25.3. The van der Waals surface area contributed by atoms with E-state index in [0.29, 0.717) is 12.8 Å². The lowest BCUT2D eigenvalue weighted by molar-refractivity contribution is -0.122. The molecule has 2 unspecified atom stereocenters. The van der Waals surface area contributed by atoms with Gasteiger partial charge in [-0.3, -0.25) is 9.35 Å². The number of unbranched alkanes of at least 4 members (excludes halogenated alkanes) is 20. The predicted octanol–water partition coefficient (Wildman–Crippen LogP) is 12.9. The van der Waals surface area contributed by atoms with E-state index in [-0.39, 0.29) is 12.3 Å². The van der Waals surface area contributed by atoms with Crippen molar-refractivity contribution in [1.82, 2.24) is 5.32 Å². The number of nitrogens with one attached hydrogen (secondary N) is 1. The fraction of sp³-hybridized carbons (Fsp3) is 0.756. The number of allylic oxidation sites excluding steroid dienone is 10. The van der Waals surface area contributed by atoms with E-state index in [1.54, 1.807) is 0 Å². The molecule has 0 bridgehead atoms. The van der Waals surface area contributed by atoms with Gasteiger partial charge in [0, 0.05) is 6.42 Å². The minimum atomic E-state index is -4.33. The number of carbonyl (C=O) groups excluding carboxylic acids is 1. The van der Waals surface area contributed by atoms with E-state index in [9.17, 15) is 22.9 Å². The lowest BCUT2D eigenvalue weighted by atomic mass is 10.0. The highest BCUT2D eigenvalue weighted by atomic mass is 32.2. The molecule has 302 valence electrons. The van der Waals surface area contributed by atoms with Crippen LogP contribution in [0.1, 0.15) is 200 Å². The molecular weight excluding hydrogens is 667 g/mol. The summed E-state index contributed by atoms with van der Waals surface area (Å²) in [5.41, 5.74) is 0. The predicted molar refractivity (Wildman–Crippen MR) is 225 cm³/mol. The van der Waals surface area contributed by atoms with Crippen LogP contribution in [-0.4, -0.2) is 41.9 Å². The van der Waals surface area contributed by atoms with Crippen molar-refractivity contribution in [3.05, 3.63) is 60.8 Å². The normalized spacial score (nSPS) is 13.8. The largest absolute Gasteiger partial charge is 0.391 e. The molecule has 2 atom stereocenters. The molecule has 52 heavy (non-hydrogen) atoms. The Hall–Kier alpha value is -1.96. The van der Waals surface area contributed by atoms with Crippen molar-refractivity contribution in [2.24, 2.45) is 0 Å². The van der Waals surface area contributed by atoms with Crippen LogP contribution >= 0.6 is 0 Å². The molecule has 0 aromatic rings. The highest BCUT2D eigenvalue weighted by molar-refractivity contribution is 7.85. The zero-order valence-corrected chi connectivity index (χ0v) is 34.5. The first-order valence-electron chi connectivity index (χ1n) is 21.5. The quantitative estimate of drug-likeness (QED) is 0.0331. The van der Waals surface area contributed by atoms with Crippen LogP contribution in [-0.2, 0) is 14.9 Å². The van der Waals surface area contributed by atoms with Crippen LogP contribution in [0.2, 0.25) is 0 Å². The summed E-state index contributed by atoms with van der Waals surface area (Å²) in [5, 5.41) is 13.4. The highest BCUT2D eigenvalue weighted by Crippen LogP contribution is 2.16. The Bertz CT molecular complexity index is 1050. The molecule has 0 aliphatic rings. The molecular formula is C45H81NO5S. The molecule has 0 saturated heterocycles. The summed E-state index contributed by atoms with van der Waals surface area (Å²) in [4.78, 5) is 12.5. The maximum absolute atomic E-state index is 12.5. The van der Waals surface area contributed by atoms with E-state index >= 15 is 0 Å². The molecule has 7 heteroatoms. The number of carbonyl (C=O) groups is 1. The van der Waals surface area contributed by atoms with Crippen LogP contribution in [0.3, 0.4) is 0 Å². The molecule has 3 N–H and O–H groups in total. The van der Waals surface area contributed by atoms with E-state index < -0.39 is 28.0 Å². The third-order valence-electron chi connectivity index (χ3n) is 9.49. The molecule has 0 heterocycles. The fourth-order valence-electron chi connectivity index (χ4n) is 6.30. The third-order valence-corrected chi connectivity index (χ3v) is 10.3. The number of hydrogen-bond donors (Lipinski definition) is 3. The van der Waals surface area contributed by atoms with Gasteiger partial charge in [0.2, 0.25) is 5.91 Å². The molecule has 6 nitrogen and oxygen atoms in total. The zero-order valence-electron chi connectivity index (χ0n) is 33.7. The molecule has 0 spiro atoms. The molecule has 0 aromatic heterocycles. The van der Waals surface area contributed by atoms with E-state index in [1.165, 1.54) is 96.3 Å². The van der Waals surface area contributed by atoms with E-state index in [1.807, 2.05) is 0 Å². The second-order valence-corrected chi connectivity index (χ2v) is 16.1. The maximum atomic E-state index is 12.5. The van der Waals surface area contributed by atoms with Crippen molar-refractivity contribution in [1.29, 1.82) is 0 Å². The van der Waals surface area contributed by atoms with Gasteiger partial charge < -0.3 is 10.4 Å². The Morgan fingerprint density at radius 2 is 0.923 bits per heavy atom. The van der Waals surface area contributed by atoms with Crippen molar-refractivity contribution in [3.8, 4) is 0 Å². The Morgan fingerprint density at radius 1 is 0.538 bits per heavy atom. The van der Waals surface area contributed by atoms with Crippen LogP contribution in [0.15, 0.2) is 60.8 Å². The number of hydrogen-bond acceptors (Lipinski definition) is 4. The number of aliphatic hydroxyl groups excluding tert-OH is 1. The van der Waals surface area contributed by atoms with Gasteiger partial charge in [0.1, 0.15) is 0 Å². The summed E-state index contributed by atoms with van der Waals surface area (Å²) in [5.74, 6) is -0.941. The zero-order chi connectivity index (χ0) is 38.2. The van der Waals surface area contributed by atoms with E-state index in [4.69, 9.17) is 0 Å². The molecule has 0 aliphatic heterocycles. The van der Waals surface area contributed by atoms with Crippen molar-refractivity contribution >= 4 is 16.0 Å². The van der Waals surface area contributed by atoms with Crippen LogP contribution < -0.4 is 5.32 Å². The summed E-state index contributed by atoms with van der Waals surface area (Å²) >= 11 is 0.